The van der Waals surface area contributed by atoms with E-state index in [1.165, 1.54) is 0 Å². The minimum atomic E-state index is -1.19. The summed E-state index contributed by atoms with van der Waals surface area (Å²) in [7, 11) is 0. The van der Waals surface area contributed by atoms with Crippen molar-refractivity contribution >= 4 is 11.8 Å². The normalized spacial score (nSPS) is 13.0. The number of hydrogen-bond acceptors (Lipinski definition) is 3. The molecule has 1 unspecified atom stereocenters. The summed E-state index contributed by atoms with van der Waals surface area (Å²) in [6, 6.07) is 0. The van der Waals surface area contributed by atoms with Crippen LogP contribution in [-0.2, 0) is 9.59 Å². The number of hydrogen-bond donors (Lipinski definition) is 2. The Balaban J connectivity index is 3.85. The molecule has 0 bridgehead atoms. The van der Waals surface area contributed by atoms with Crippen LogP contribution >= 0.6 is 0 Å². The van der Waals surface area contributed by atoms with Gasteiger partial charge >= 0.3 is 5.97 Å². The van der Waals surface area contributed by atoms with Gasteiger partial charge in [-0.05, 0) is 12.3 Å². The van der Waals surface area contributed by atoms with Crippen LogP contribution in [0.1, 0.15) is 26.7 Å². The van der Waals surface area contributed by atoms with Gasteiger partial charge in [0.05, 0.1) is 0 Å². The molecular formula is C8H14O4. The Morgan fingerprint density at radius 2 is 1.83 bits per heavy atom. The lowest BCUT2D eigenvalue weighted by molar-refractivity contribution is -0.142. The number of rotatable bonds is 5. The zero-order valence-corrected chi connectivity index (χ0v) is 7.28. The van der Waals surface area contributed by atoms with Gasteiger partial charge in [0, 0.05) is 0 Å². The van der Waals surface area contributed by atoms with Crippen LogP contribution in [0.3, 0.4) is 0 Å². The predicted molar refractivity (Wildman–Crippen MR) is 42.7 cm³/mol. The summed E-state index contributed by atoms with van der Waals surface area (Å²) in [5.41, 5.74) is 0. The largest absolute Gasteiger partial charge is 0.481 e. The Morgan fingerprint density at radius 1 is 1.33 bits per heavy atom. The van der Waals surface area contributed by atoms with Crippen LogP contribution in [0.15, 0.2) is 0 Å². The van der Waals surface area contributed by atoms with E-state index in [2.05, 4.69) is 0 Å². The van der Waals surface area contributed by atoms with E-state index in [1.54, 1.807) is 0 Å². The van der Waals surface area contributed by atoms with Gasteiger partial charge in [-0.25, -0.2) is 0 Å². The highest BCUT2D eigenvalue weighted by Crippen LogP contribution is 2.06. The summed E-state index contributed by atoms with van der Waals surface area (Å²) in [4.78, 5) is 20.9. The number of carbonyl (C=O) groups excluding carboxylic acids is 1. The lowest BCUT2D eigenvalue weighted by atomic mass is 10.0. The Labute approximate surface area is 71.2 Å². The molecule has 70 valence electrons. The average molecular weight is 174 g/mol. The summed E-state index contributed by atoms with van der Waals surface area (Å²) in [6.45, 7) is 3.72. The zero-order chi connectivity index (χ0) is 9.72. The van der Waals surface area contributed by atoms with E-state index < -0.39 is 24.3 Å². The molecule has 0 saturated carbocycles. The maximum atomic E-state index is 10.9. The van der Waals surface area contributed by atoms with E-state index in [-0.39, 0.29) is 5.92 Å². The molecule has 4 nitrogen and oxygen atoms in total. The van der Waals surface area contributed by atoms with Gasteiger partial charge in [0.25, 0.3) is 0 Å². The molecule has 0 radical (unpaired) electrons. The second kappa shape index (κ2) is 4.87. The van der Waals surface area contributed by atoms with Gasteiger partial charge in [0.15, 0.2) is 5.78 Å². The van der Waals surface area contributed by atoms with Crippen molar-refractivity contribution in [3.63, 3.8) is 0 Å². The minimum absolute atomic E-state index is 0.192. The Hall–Kier alpha value is -0.900. The van der Waals surface area contributed by atoms with Gasteiger partial charge in [-0.1, -0.05) is 13.8 Å². The van der Waals surface area contributed by atoms with Gasteiger partial charge in [0.2, 0.25) is 0 Å². The molecule has 0 aliphatic heterocycles. The first-order valence-electron chi connectivity index (χ1n) is 3.86. The number of carboxylic acid groups (broad SMARTS) is 1. The van der Waals surface area contributed by atoms with Gasteiger partial charge in [-0.2, -0.15) is 0 Å². The third kappa shape index (κ3) is 4.85. The number of carbonyl (C=O) groups is 2. The summed E-state index contributed by atoms with van der Waals surface area (Å²) >= 11 is 0. The first-order valence-corrected chi connectivity index (χ1v) is 3.86. The van der Waals surface area contributed by atoms with Crippen LogP contribution in [0.2, 0.25) is 0 Å². The number of carboxylic acids is 1. The Morgan fingerprint density at radius 3 is 2.17 bits per heavy atom. The van der Waals surface area contributed by atoms with E-state index in [0.29, 0.717) is 6.42 Å². The van der Waals surface area contributed by atoms with Crippen molar-refractivity contribution in [2.45, 2.75) is 32.8 Å². The number of aliphatic hydroxyl groups excluding tert-OH is 1. The van der Waals surface area contributed by atoms with E-state index in [1.807, 2.05) is 13.8 Å². The maximum absolute atomic E-state index is 10.9. The summed E-state index contributed by atoms with van der Waals surface area (Å²) in [6.07, 6.45) is -1.39. The second-order valence-corrected chi connectivity index (χ2v) is 3.18. The van der Waals surface area contributed by atoms with Crippen molar-refractivity contribution < 1.29 is 19.8 Å². The monoisotopic (exact) mass is 174 g/mol. The van der Waals surface area contributed by atoms with Crippen LogP contribution in [0, 0.1) is 5.92 Å². The molecule has 0 rings (SSSR count). The van der Waals surface area contributed by atoms with Crippen LogP contribution in [0.25, 0.3) is 0 Å². The smallest absolute Gasteiger partial charge is 0.310 e. The Bertz CT molecular complexity index is 174. The van der Waals surface area contributed by atoms with Gasteiger partial charge < -0.3 is 10.2 Å². The highest BCUT2D eigenvalue weighted by molar-refractivity contribution is 5.97. The lowest BCUT2D eigenvalue weighted by Crippen LogP contribution is -2.24. The molecule has 0 aromatic heterocycles. The highest BCUT2D eigenvalue weighted by Gasteiger charge is 2.18. The molecule has 0 aliphatic rings. The maximum Gasteiger partial charge on any atom is 0.310 e. The van der Waals surface area contributed by atoms with Crippen molar-refractivity contribution in [2.24, 2.45) is 5.92 Å². The van der Waals surface area contributed by atoms with E-state index in [0.717, 1.165) is 0 Å². The van der Waals surface area contributed by atoms with Crippen LogP contribution in [0.4, 0.5) is 0 Å². The third-order valence-electron chi connectivity index (χ3n) is 1.39. The van der Waals surface area contributed by atoms with Crippen LogP contribution < -0.4 is 0 Å². The molecule has 0 aromatic carbocycles. The van der Waals surface area contributed by atoms with Crippen LogP contribution in [0.5, 0.6) is 0 Å². The average Bonchev–Trinajstić information content (AvgIpc) is 1.84. The standard InChI is InChI=1S/C8H14O4/c1-5(2)3-6(9)7(10)4-8(11)12/h5-6,9H,3-4H2,1-2H3,(H,11,12). The molecule has 0 aromatic rings. The number of ketones is 1. The van der Waals surface area contributed by atoms with Crippen molar-refractivity contribution in [3.05, 3.63) is 0 Å². The quantitative estimate of drug-likeness (QED) is 0.593. The fourth-order valence-corrected chi connectivity index (χ4v) is 0.845. The molecule has 4 heteroatoms. The first-order chi connectivity index (χ1) is 5.43. The molecule has 2 N–H and O–H groups in total. The fourth-order valence-electron chi connectivity index (χ4n) is 0.845. The minimum Gasteiger partial charge on any atom is -0.481 e. The van der Waals surface area contributed by atoms with Crippen molar-refractivity contribution in [1.29, 1.82) is 0 Å². The molecule has 0 heterocycles. The number of aliphatic hydroxyl groups is 1. The summed E-state index contributed by atoms with van der Waals surface area (Å²) < 4.78 is 0. The fraction of sp³-hybridized carbons (Fsp3) is 0.750. The SMILES string of the molecule is CC(C)CC(O)C(=O)CC(=O)O. The molecule has 0 amide bonds. The number of aliphatic carboxylic acids is 1. The molecule has 0 fully saturated rings. The number of Topliss-reactive ketones (excluding diaryl/α,β-unsaturated/α-hetero) is 1. The summed E-state index contributed by atoms with van der Waals surface area (Å²) in [5, 5.41) is 17.4. The van der Waals surface area contributed by atoms with E-state index >= 15 is 0 Å². The Kier molecular flexibility index (Phi) is 4.51. The van der Waals surface area contributed by atoms with E-state index in [4.69, 9.17) is 10.2 Å². The van der Waals surface area contributed by atoms with Gasteiger partial charge in [-0.15, -0.1) is 0 Å². The van der Waals surface area contributed by atoms with Gasteiger partial charge in [0.1, 0.15) is 12.5 Å². The topological polar surface area (TPSA) is 74.6 Å². The van der Waals surface area contributed by atoms with E-state index in [9.17, 15) is 9.59 Å². The highest BCUT2D eigenvalue weighted by atomic mass is 16.4. The molecule has 12 heavy (non-hydrogen) atoms. The second-order valence-electron chi connectivity index (χ2n) is 3.18. The third-order valence-corrected chi connectivity index (χ3v) is 1.39. The molecular weight excluding hydrogens is 160 g/mol. The molecule has 0 aliphatic carbocycles. The molecule has 1 atom stereocenters. The molecule has 0 spiro atoms. The van der Waals surface area contributed by atoms with Crippen LogP contribution in [-0.4, -0.2) is 28.1 Å². The lowest BCUT2D eigenvalue weighted by Gasteiger charge is -2.09. The predicted octanol–water partition coefficient (Wildman–Crippen LogP) is 0.437. The zero-order valence-electron chi connectivity index (χ0n) is 7.28. The van der Waals surface area contributed by atoms with Crippen molar-refractivity contribution in [3.8, 4) is 0 Å². The van der Waals surface area contributed by atoms with Crippen molar-refractivity contribution in [2.75, 3.05) is 0 Å². The molecule has 0 saturated heterocycles. The van der Waals surface area contributed by atoms with Crippen molar-refractivity contribution in [1.82, 2.24) is 0 Å². The summed E-state index contributed by atoms with van der Waals surface area (Å²) in [5.74, 6) is -1.61. The first kappa shape index (κ1) is 11.1. The van der Waals surface area contributed by atoms with Gasteiger partial charge in [-0.3, -0.25) is 9.59 Å².